The molecule has 1 aromatic heterocycles. The average Bonchev–Trinajstić information content (AvgIpc) is 2.64. The van der Waals surface area contributed by atoms with Gasteiger partial charge in [-0.1, -0.05) is 35.3 Å². The molecule has 12 heteroatoms. The molecule has 0 aliphatic rings. The average molecular weight is 457 g/mol. The standard InChI is InChI=1S/C18H9Cl2F3N4O3/c19-13-5-10(27-17(29)26-15(28)8-25-27)6-14(20)16(13)12(7-24)9-1-3-11(4-2-9)30-18(21,22)23/h1-6,8,12H,(H,26,28,29). The van der Waals surface area contributed by atoms with Crippen LogP contribution in [-0.4, -0.2) is 21.1 Å². The third-order valence-electron chi connectivity index (χ3n) is 3.89. The van der Waals surface area contributed by atoms with Gasteiger partial charge >= 0.3 is 12.1 Å². The largest absolute Gasteiger partial charge is 0.573 e. The summed E-state index contributed by atoms with van der Waals surface area (Å²) < 4.78 is 41.6. The Morgan fingerprint density at radius 3 is 2.23 bits per heavy atom. The van der Waals surface area contributed by atoms with Gasteiger partial charge in [-0.05, 0) is 29.8 Å². The lowest BCUT2D eigenvalue weighted by Gasteiger charge is -2.16. The maximum Gasteiger partial charge on any atom is 0.573 e. The maximum absolute atomic E-state index is 12.3. The molecule has 0 saturated carbocycles. The molecule has 0 amide bonds. The van der Waals surface area contributed by atoms with Crippen molar-refractivity contribution in [3.63, 3.8) is 0 Å². The highest BCUT2D eigenvalue weighted by atomic mass is 35.5. The van der Waals surface area contributed by atoms with Gasteiger partial charge in [-0.3, -0.25) is 9.78 Å². The van der Waals surface area contributed by atoms with Crippen molar-refractivity contribution < 1.29 is 17.9 Å². The lowest BCUT2D eigenvalue weighted by molar-refractivity contribution is -0.274. The minimum Gasteiger partial charge on any atom is -0.406 e. The van der Waals surface area contributed by atoms with Crippen LogP contribution >= 0.6 is 23.2 Å². The first-order valence-corrected chi connectivity index (χ1v) is 8.78. The number of halogens is 5. The molecule has 7 nitrogen and oxygen atoms in total. The Balaban J connectivity index is 2.00. The number of H-pyrrole nitrogens is 1. The lowest BCUT2D eigenvalue weighted by atomic mass is 9.92. The Morgan fingerprint density at radius 1 is 1.13 bits per heavy atom. The number of rotatable bonds is 4. The summed E-state index contributed by atoms with van der Waals surface area (Å²) >= 11 is 12.6. The molecule has 0 aliphatic carbocycles. The first-order valence-electron chi connectivity index (χ1n) is 8.02. The van der Waals surface area contributed by atoms with Crippen molar-refractivity contribution in [2.24, 2.45) is 0 Å². The third kappa shape index (κ3) is 4.64. The topological polar surface area (TPSA) is 101 Å². The first kappa shape index (κ1) is 21.4. The van der Waals surface area contributed by atoms with Crippen molar-refractivity contribution in [3.8, 4) is 17.5 Å². The number of hydrogen-bond acceptors (Lipinski definition) is 5. The number of alkyl halides is 3. The van der Waals surface area contributed by atoms with E-state index in [9.17, 15) is 28.0 Å². The van der Waals surface area contributed by atoms with Gasteiger partial charge in [0.1, 0.15) is 11.9 Å². The minimum absolute atomic E-state index is 0.0135. The van der Waals surface area contributed by atoms with Gasteiger partial charge in [0, 0.05) is 15.6 Å². The number of nitrogens with zero attached hydrogens (tertiary/aromatic N) is 3. The zero-order chi connectivity index (χ0) is 22.1. The predicted octanol–water partition coefficient (Wildman–Crippen LogP) is 3.78. The van der Waals surface area contributed by atoms with Crippen LogP contribution < -0.4 is 16.0 Å². The Hall–Kier alpha value is -3.29. The van der Waals surface area contributed by atoms with Crippen LogP contribution in [0.15, 0.2) is 52.2 Å². The molecule has 0 bridgehead atoms. The maximum atomic E-state index is 12.3. The summed E-state index contributed by atoms with van der Waals surface area (Å²) in [5.74, 6) is -1.46. The quantitative estimate of drug-likeness (QED) is 0.643. The zero-order valence-corrected chi connectivity index (χ0v) is 16.1. The van der Waals surface area contributed by atoms with E-state index >= 15 is 0 Å². The third-order valence-corrected chi connectivity index (χ3v) is 4.51. The van der Waals surface area contributed by atoms with Crippen molar-refractivity contribution in [1.29, 1.82) is 5.26 Å². The summed E-state index contributed by atoms with van der Waals surface area (Å²) in [4.78, 5) is 25.1. The summed E-state index contributed by atoms with van der Waals surface area (Å²) in [6.45, 7) is 0. The Labute approximate surface area is 175 Å². The van der Waals surface area contributed by atoms with Crippen LogP contribution in [0, 0.1) is 11.3 Å². The van der Waals surface area contributed by atoms with E-state index in [2.05, 4.69) is 9.84 Å². The number of nitrogens with one attached hydrogen (secondary N) is 1. The smallest absolute Gasteiger partial charge is 0.406 e. The molecule has 0 fully saturated rings. The van der Waals surface area contributed by atoms with Crippen molar-refractivity contribution in [2.75, 3.05) is 0 Å². The van der Waals surface area contributed by atoms with E-state index in [4.69, 9.17) is 23.2 Å². The molecule has 3 rings (SSSR count). The summed E-state index contributed by atoms with van der Waals surface area (Å²) in [5.41, 5.74) is -0.859. The fourth-order valence-electron chi connectivity index (χ4n) is 2.67. The molecule has 1 N–H and O–H groups in total. The van der Waals surface area contributed by atoms with E-state index in [0.717, 1.165) is 23.0 Å². The lowest BCUT2D eigenvalue weighted by Crippen LogP contribution is -2.30. The minimum atomic E-state index is -4.84. The van der Waals surface area contributed by atoms with Gasteiger partial charge in [-0.15, -0.1) is 13.2 Å². The van der Waals surface area contributed by atoms with E-state index in [1.807, 2.05) is 11.1 Å². The number of aromatic amines is 1. The Kier molecular flexibility index (Phi) is 5.87. The molecular formula is C18H9Cl2F3N4O3. The second-order valence-corrected chi connectivity index (χ2v) is 6.67. The van der Waals surface area contributed by atoms with Crippen LogP contribution in [0.4, 0.5) is 13.2 Å². The van der Waals surface area contributed by atoms with E-state index in [0.29, 0.717) is 5.56 Å². The highest BCUT2D eigenvalue weighted by Crippen LogP contribution is 2.37. The molecule has 154 valence electrons. The fraction of sp³-hybridized carbons (Fsp3) is 0.111. The summed E-state index contributed by atoms with van der Waals surface area (Å²) in [7, 11) is 0. The van der Waals surface area contributed by atoms with Gasteiger partial charge in [0.05, 0.1) is 17.7 Å². The summed E-state index contributed by atoms with van der Waals surface area (Å²) in [6.07, 6.45) is -3.95. The van der Waals surface area contributed by atoms with E-state index < -0.39 is 29.3 Å². The Bertz CT molecular complexity index is 1220. The van der Waals surface area contributed by atoms with Crippen LogP contribution in [0.1, 0.15) is 17.0 Å². The van der Waals surface area contributed by atoms with Crippen LogP contribution in [0.5, 0.6) is 5.75 Å². The highest BCUT2D eigenvalue weighted by molar-refractivity contribution is 6.36. The Morgan fingerprint density at radius 2 is 1.73 bits per heavy atom. The molecule has 1 unspecified atom stereocenters. The van der Waals surface area contributed by atoms with Crippen LogP contribution in [0.3, 0.4) is 0 Å². The first-order chi connectivity index (χ1) is 14.1. The second-order valence-electron chi connectivity index (χ2n) is 5.85. The number of hydrogen-bond donors (Lipinski definition) is 1. The molecular weight excluding hydrogens is 448 g/mol. The van der Waals surface area contributed by atoms with Crippen molar-refractivity contribution in [3.05, 3.63) is 84.6 Å². The van der Waals surface area contributed by atoms with Gasteiger partial charge in [-0.25, -0.2) is 4.79 Å². The van der Waals surface area contributed by atoms with Gasteiger partial charge in [0.25, 0.3) is 5.56 Å². The fourth-order valence-corrected chi connectivity index (χ4v) is 3.37. The summed E-state index contributed by atoms with van der Waals surface area (Å²) in [5, 5.41) is 13.3. The van der Waals surface area contributed by atoms with Crippen molar-refractivity contribution in [1.82, 2.24) is 14.8 Å². The molecule has 0 saturated heterocycles. The molecule has 2 aromatic carbocycles. The number of ether oxygens (including phenoxy) is 1. The normalized spacial score (nSPS) is 12.3. The molecule has 3 aromatic rings. The molecule has 0 aliphatic heterocycles. The number of nitriles is 1. The van der Waals surface area contributed by atoms with Gasteiger partial charge < -0.3 is 4.74 Å². The van der Waals surface area contributed by atoms with Crippen LogP contribution in [-0.2, 0) is 0 Å². The van der Waals surface area contributed by atoms with E-state index in [1.165, 1.54) is 24.3 Å². The zero-order valence-electron chi connectivity index (χ0n) is 14.6. The van der Waals surface area contributed by atoms with Crippen molar-refractivity contribution >= 4 is 23.2 Å². The van der Waals surface area contributed by atoms with Gasteiger partial charge in [0.2, 0.25) is 0 Å². The molecule has 0 radical (unpaired) electrons. The van der Waals surface area contributed by atoms with Gasteiger partial charge in [-0.2, -0.15) is 15.0 Å². The van der Waals surface area contributed by atoms with E-state index in [-0.39, 0.29) is 21.3 Å². The SMILES string of the molecule is N#CC(c1ccc(OC(F)(F)F)cc1)c1c(Cl)cc(-n2ncc(=O)[nH]c2=O)cc1Cl. The van der Waals surface area contributed by atoms with Crippen molar-refractivity contribution in [2.45, 2.75) is 12.3 Å². The predicted molar refractivity (Wildman–Crippen MR) is 101 cm³/mol. The highest BCUT2D eigenvalue weighted by Gasteiger charge is 2.31. The molecule has 1 atom stereocenters. The van der Waals surface area contributed by atoms with Gasteiger partial charge in [0.15, 0.2) is 0 Å². The molecule has 0 spiro atoms. The molecule has 30 heavy (non-hydrogen) atoms. The number of benzene rings is 2. The summed E-state index contributed by atoms with van der Waals surface area (Å²) in [6, 6.07) is 9.33. The number of aromatic nitrogens is 3. The van der Waals surface area contributed by atoms with E-state index in [1.54, 1.807) is 0 Å². The van der Waals surface area contributed by atoms with Crippen LogP contribution in [0.25, 0.3) is 5.69 Å². The monoisotopic (exact) mass is 456 g/mol. The second kappa shape index (κ2) is 8.22. The molecule has 1 heterocycles. The van der Waals surface area contributed by atoms with Crippen LogP contribution in [0.2, 0.25) is 10.0 Å².